The molecule has 6 nitrogen and oxygen atoms in total. The van der Waals surface area contributed by atoms with Gasteiger partial charge in [0.2, 0.25) is 5.60 Å². The van der Waals surface area contributed by atoms with Crippen LogP contribution in [0.2, 0.25) is 0 Å². The van der Waals surface area contributed by atoms with Gasteiger partial charge in [-0.3, -0.25) is 0 Å². The molecule has 3 unspecified atom stereocenters. The van der Waals surface area contributed by atoms with Crippen LogP contribution < -0.4 is 5.11 Å². The molecule has 0 saturated carbocycles. The summed E-state index contributed by atoms with van der Waals surface area (Å²) < 4.78 is 46.0. The molecule has 224 valence electrons. The fourth-order valence-corrected chi connectivity index (χ4v) is 7.67. The third-order valence-electron chi connectivity index (χ3n) is 8.65. The van der Waals surface area contributed by atoms with Gasteiger partial charge in [-0.25, -0.2) is 4.79 Å². The zero-order chi connectivity index (χ0) is 29.7. The van der Waals surface area contributed by atoms with E-state index in [9.17, 15) is 18.0 Å². The number of benzene rings is 2. The van der Waals surface area contributed by atoms with Crippen LogP contribution >= 0.6 is 11.8 Å². The number of piperidine rings is 1. The number of carbonyl (C=O) groups excluding carboxylic acids is 2. The Morgan fingerprint density at radius 1 is 0.951 bits per heavy atom. The SMILES string of the molecule is CCSC(C)OC(C(=O)OC1CC2CCC(C1)[N+]21CCCC1)(c1ccccc1)c1ccccc1.O=C([O-])C(F)(F)F. The summed E-state index contributed by atoms with van der Waals surface area (Å²) in [6.45, 7) is 6.79. The fourth-order valence-electron chi connectivity index (χ4n) is 6.99. The monoisotopic (exact) mass is 593 g/mol. The maximum atomic E-state index is 14.3. The highest BCUT2D eigenvalue weighted by Gasteiger charge is 2.57. The zero-order valence-electron chi connectivity index (χ0n) is 23.5. The lowest BCUT2D eigenvalue weighted by atomic mass is 9.85. The van der Waals surface area contributed by atoms with E-state index in [1.54, 1.807) is 11.8 Å². The molecule has 3 saturated heterocycles. The van der Waals surface area contributed by atoms with E-state index in [1.165, 1.54) is 43.3 Å². The second-order valence-electron chi connectivity index (χ2n) is 11.0. The number of aliphatic carboxylic acids is 1. The van der Waals surface area contributed by atoms with Crippen molar-refractivity contribution in [2.24, 2.45) is 0 Å². The number of nitrogens with zero attached hydrogens (tertiary/aromatic N) is 1. The molecular weight excluding hydrogens is 555 g/mol. The van der Waals surface area contributed by atoms with Crippen molar-refractivity contribution >= 4 is 23.7 Å². The topological polar surface area (TPSA) is 75.7 Å². The second kappa shape index (κ2) is 13.2. The number of carbonyl (C=O) groups is 2. The minimum atomic E-state index is -5.19. The van der Waals surface area contributed by atoms with E-state index in [4.69, 9.17) is 19.4 Å². The molecule has 0 radical (unpaired) electrons. The van der Waals surface area contributed by atoms with E-state index in [-0.39, 0.29) is 17.5 Å². The van der Waals surface area contributed by atoms with Gasteiger partial charge < -0.3 is 23.9 Å². The van der Waals surface area contributed by atoms with Gasteiger partial charge >= 0.3 is 12.1 Å². The molecule has 2 bridgehead atoms. The predicted octanol–water partition coefficient (Wildman–Crippen LogP) is 5.19. The normalized spacial score (nSPS) is 23.9. The van der Waals surface area contributed by atoms with E-state index >= 15 is 0 Å². The number of alkyl halides is 3. The largest absolute Gasteiger partial charge is 0.542 e. The van der Waals surface area contributed by atoms with Gasteiger partial charge in [0.15, 0.2) is 0 Å². The standard InChI is InChI=1S/C29H38NO3S.C2HF3O2/c1-3-34-22(2)33-29(23-12-6-4-7-13-23,24-14-8-5-9-15-24)28(31)32-27-20-25-16-17-26(21-27)30(25)18-10-11-19-30;3-2(4,5)1(6)7/h4-9,12-15,22,25-27H,3,10-11,16-21H2,1-2H3;(H,6,7)/q+1;/p-1. The summed E-state index contributed by atoms with van der Waals surface area (Å²) in [4.78, 5) is 23.0. The van der Waals surface area contributed by atoms with Gasteiger partial charge in [0.1, 0.15) is 17.5 Å². The first-order valence-corrected chi connectivity index (χ1v) is 15.3. The second-order valence-corrected chi connectivity index (χ2v) is 12.6. The molecule has 2 aromatic carbocycles. The van der Waals surface area contributed by atoms with Crippen molar-refractivity contribution in [1.29, 1.82) is 0 Å². The average Bonchev–Trinajstić information content (AvgIpc) is 3.49. The lowest BCUT2D eigenvalue weighted by Gasteiger charge is -2.47. The summed E-state index contributed by atoms with van der Waals surface area (Å²) >= 11 is 1.70. The van der Waals surface area contributed by atoms with Crippen molar-refractivity contribution in [3.05, 3.63) is 71.8 Å². The maximum Gasteiger partial charge on any atom is 0.430 e. The quantitative estimate of drug-likeness (QED) is 0.238. The summed E-state index contributed by atoms with van der Waals surface area (Å²) in [7, 11) is 0. The molecule has 5 rings (SSSR count). The van der Waals surface area contributed by atoms with E-state index in [0.717, 1.165) is 29.7 Å². The molecule has 3 fully saturated rings. The van der Waals surface area contributed by atoms with Crippen LogP contribution in [0.5, 0.6) is 0 Å². The van der Waals surface area contributed by atoms with Crippen LogP contribution in [0.1, 0.15) is 63.5 Å². The Labute approximate surface area is 243 Å². The Balaban J connectivity index is 0.000000493. The van der Waals surface area contributed by atoms with Gasteiger partial charge in [0.25, 0.3) is 0 Å². The first-order valence-electron chi connectivity index (χ1n) is 14.3. The summed E-state index contributed by atoms with van der Waals surface area (Å²) in [5.74, 6) is -2.36. The van der Waals surface area contributed by atoms with Crippen molar-refractivity contribution in [2.45, 2.75) is 87.8 Å². The molecule has 41 heavy (non-hydrogen) atoms. The minimum absolute atomic E-state index is 0.0288. The Morgan fingerprint density at radius 2 is 1.41 bits per heavy atom. The van der Waals surface area contributed by atoms with Gasteiger partial charge in [0, 0.05) is 38.5 Å². The number of ether oxygens (including phenoxy) is 2. The molecule has 0 amide bonds. The van der Waals surface area contributed by atoms with Crippen molar-refractivity contribution in [1.82, 2.24) is 0 Å². The molecule has 10 heteroatoms. The van der Waals surface area contributed by atoms with Gasteiger partial charge in [-0.05, 0) is 23.8 Å². The van der Waals surface area contributed by atoms with Crippen molar-refractivity contribution in [3.8, 4) is 0 Å². The van der Waals surface area contributed by atoms with Crippen LogP contribution in [-0.4, -0.2) is 65.1 Å². The van der Waals surface area contributed by atoms with Gasteiger partial charge in [-0.2, -0.15) is 13.2 Å². The summed E-state index contributed by atoms with van der Waals surface area (Å²) in [6, 6.07) is 21.1. The van der Waals surface area contributed by atoms with Crippen LogP contribution in [0, 0.1) is 0 Å². The number of rotatable bonds is 8. The smallest absolute Gasteiger partial charge is 0.430 e. The number of carboxylic acid groups (broad SMARTS) is 1. The summed E-state index contributed by atoms with van der Waals surface area (Å²) in [5, 5.41) is 8.78. The molecule has 0 aliphatic carbocycles. The van der Waals surface area contributed by atoms with E-state index in [1.807, 2.05) is 67.6 Å². The van der Waals surface area contributed by atoms with Crippen molar-refractivity contribution < 1.29 is 41.8 Å². The van der Waals surface area contributed by atoms with Gasteiger partial charge in [0.05, 0.1) is 25.2 Å². The number of carboxylic acids is 1. The molecule has 3 aliphatic rings. The highest BCUT2D eigenvalue weighted by molar-refractivity contribution is 7.99. The average molecular weight is 594 g/mol. The lowest BCUT2D eigenvalue weighted by Crippen LogP contribution is -2.60. The number of quaternary nitrogens is 1. The first-order chi connectivity index (χ1) is 19.5. The number of halogens is 3. The van der Waals surface area contributed by atoms with E-state index in [2.05, 4.69) is 6.92 Å². The number of thioether (sulfide) groups is 1. The van der Waals surface area contributed by atoms with Crippen LogP contribution in [0.25, 0.3) is 0 Å². The predicted molar refractivity (Wildman–Crippen MR) is 149 cm³/mol. The molecule has 0 aromatic heterocycles. The van der Waals surface area contributed by atoms with Gasteiger partial charge in [-0.1, -0.05) is 67.6 Å². The number of hydrogen-bond donors (Lipinski definition) is 0. The zero-order valence-corrected chi connectivity index (χ0v) is 24.3. The van der Waals surface area contributed by atoms with Crippen LogP contribution in [-0.2, 0) is 24.7 Å². The lowest BCUT2D eigenvalue weighted by molar-refractivity contribution is -0.956. The fraction of sp³-hybridized carbons (Fsp3) is 0.548. The maximum absolute atomic E-state index is 14.3. The third-order valence-corrected chi connectivity index (χ3v) is 9.55. The summed E-state index contributed by atoms with van der Waals surface area (Å²) in [6.07, 6.45) is 2.01. The minimum Gasteiger partial charge on any atom is -0.542 e. The van der Waals surface area contributed by atoms with Crippen molar-refractivity contribution in [3.63, 3.8) is 0 Å². The number of esters is 1. The molecule has 0 N–H and O–H groups in total. The van der Waals surface area contributed by atoms with Gasteiger partial charge in [-0.15, -0.1) is 11.8 Å². The molecule has 3 aliphatic heterocycles. The van der Waals surface area contributed by atoms with Crippen molar-refractivity contribution in [2.75, 3.05) is 18.8 Å². The third kappa shape index (κ3) is 6.75. The molecular formula is C31H38F3NO5S. The molecule has 3 heterocycles. The highest BCUT2D eigenvalue weighted by Crippen LogP contribution is 2.47. The van der Waals surface area contributed by atoms with E-state index < -0.39 is 17.7 Å². The molecule has 1 spiro atoms. The number of hydrogen-bond acceptors (Lipinski definition) is 6. The van der Waals surface area contributed by atoms with E-state index in [0.29, 0.717) is 12.1 Å². The van der Waals surface area contributed by atoms with Crippen LogP contribution in [0.15, 0.2) is 60.7 Å². The summed E-state index contributed by atoms with van der Waals surface area (Å²) in [5.41, 5.74) is 0.229. The molecule has 2 aromatic rings. The highest BCUT2D eigenvalue weighted by atomic mass is 32.2. The van der Waals surface area contributed by atoms with Crippen LogP contribution in [0.4, 0.5) is 13.2 Å². The Bertz CT molecular complexity index is 1100. The first kappa shape index (κ1) is 31.4. The Hall–Kier alpha value is -2.56. The Morgan fingerprint density at radius 3 is 1.83 bits per heavy atom. The Kier molecular flexibility index (Phi) is 10.1. The molecule has 3 atom stereocenters. The van der Waals surface area contributed by atoms with Crippen LogP contribution in [0.3, 0.4) is 0 Å².